The third-order valence-corrected chi connectivity index (χ3v) is 5.74. The van der Waals surface area contributed by atoms with Gasteiger partial charge < -0.3 is 9.84 Å². The minimum absolute atomic E-state index is 0.325. The first kappa shape index (κ1) is 26.3. The zero-order valence-corrected chi connectivity index (χ0v) is 20.0. The number of carbonyl (C=O) groups is 1. The van der Waals surface area contributed by atoms with Crippen LogP contribution in [0.25, 0.3) is 11.1 Å². The predicted molar refractivity (Wildman–Crippen MR) is 136 cm³/mol. The number of pyridine rings is 1. The first-order valence-corrected chi connectivity index (χ1v) is 12.2. The van der Waals surface area contributed by atoms with Gasteiger partial charge in [0.2, 0.25) is 5.91 Å². The van der Waals surface area contributed by atoms with Crippen molar-refractivity contribution in [2.75, 3.05) is 6.61 Å². The smallest absolute Gasteiger partial charge is 0.243 e. The molecule has 1 unspecified atom stereocenters. The van der Waals surface area contributed by atoms with E-state index in [0.717, 1.165) is 60.2 Å². The molecule has 7 nitrogen and oxygen atoms in total. The van der Waals surface area contributed by atoms with Crippen molar-refractivity contribution in [1.82, 2.24) is 15.8 Å². The molecule has 1 heterocycles. The Hall–Kier alpha value is -3.26. The molecule has 0 saturated carbocycles. The second-order valence-electron chi connectivity index (χ2n) is 8.55. The van der Waals surface area contributed by atoms with Crippen molar-refractivity contribution in [3.63, 3.8) is 0 Å². The summed E-state index contributed by atoms with van der Waals surface area (Å²) in [5.74, 6) is 0.514. The van der Waals surface area contributed by atoms with Crippen LogP contribution in [0.1, 0.15) is 49.8 Å². The number of rotatable bonds is 15. The first-order chi connectivity index (χ1) is 17.1. The van der Waals surface area contributed by atoms with Gasteiger partial charge >= 0.3 is 0 Å². The fourth-order valence-corrected chi connectivity index (χ4v) is 3.73. The number of amides is 1. The van der Waals surface area contributed by atoms with Crippen LogP contribution in [0.2, 0.25) is 0 Å². The van der Waals surface area contributed by atoms with Gasteiger partial charge in [-0.15, -0.1) is 0 Å². The molecule has 0 bridgehead atoms. The molecule has 0 saturated heterocycles. The van der Waals surface area contributed by atoms with Gasteiger partial charge in [-0.05, 0) is 42.2 Å². The second kappa shape index (κ2) is 14.9. The first-order valence-electron chi connectivity index (χ1n) is 12.2. The molecule has 1 atom stereocenters. The lowest BCUT2D eigenvalue weighted by molar-refractivity contribution is -0.129. The molecular weight excluding hydrogens is 442 g/mol. The Labute approximate surface area is 207 Å². The number of carbonyl (C=O) groups excluding carboxylic acids is 1. The van der Waals surface area contributed by atoms with Gasteiger partial charge in [0.05, 0.1) is 6.61 Å². The summed E-state index contributed by atoms with van der Waals surface area (Å²) in [6.45, 7) is 1.27. The van der Waals surface area contributed by atoms with E-state index in [1.807, 2.05) is 72.9 Å². The van der Waals surface area contributed by atoms with Crippen LogP contribution in [-0.4, -0.2) is 34.0 Å². The fraction of sp³-hybridized carbons (Fsp3) is 0.357. The lowest BCUT2D eigenvalue weighted by Crippen LogP contribution is -2.30. The zero-order chi connectivity index (χ0) is 24.7. The highest BCUT2D eigenvalue weighted by Gasteiger charge is 2.07. The summed E-state index contributed by atoms with van der Waals surface area (Å²) in [4.78, 5) is 15.5. The lowest BCUT2D eigenvalue weighted by atomic mass is 10.1. The van der Waals surface area contributed by atoms with E-state index in [-0.39, 0.29) is 5.91 Å². The van der Waals surface area contributed by atoms with E-state index < -0.39 is 6.23 Å². The maximum atomic E-state index is 10.9. The highest BCUT2D eigenvalue weighted by atomic mass is 16.5. The minimum Gasteiger partial charge on any atom is -0.494 e. The van der Waals surface area contributed by atoms with Gasteiger partial charge in [-0.3, -0.25) is 20.3 Å². The van der Waals surface area contributed by atoms with E-state index in [0.29, 0.717) is 26.0 Å². The molecule has 0 aliphatic carbocycles. The largest absolute Gasteiger partial charge is 0.494 e. The van der Waals surface area contributed by atoms with Gasteiger partial charge in [0.25, 0.3) is 0 Å². The van der Waals surface area contributed by atoms with Crippen LogP contribution in [0, 0.1) is 0 Å². The van der Waals surface area contributed by atoms with Crippen molar-refractivity contribution >= 4 is 5.91 Å². The molecule has 0 radical (unpaired) electrons. The topological polar surface area (TPSA) is 104 Å². The van der Waals surface area contributed by atoms with Crippen LogP contribution >= 0.6 is 0 Å². The van der Waals surface area contributed by atoms with Crippen LogP contribution in [-0.2, 0) is 17.8 Å². The monoisotopic (exact) mass is 477 g/mol. The van der Waals surface area contributed by atoms with E-state index in [2.05, 4.69) is 10.3 Å². The number of aromatic nitrogens is 1. The molecule has 1 aromatic heterocycles. The molecule has 7 heteroatoms. The van der Waals surface area contributed by atoms with Crippen molar-refractivity contribution in [2.45, 2.75) is 57.7 Å². The van der Waals surface area contributed by atoms with Gasteiger partial charge in [0.15, 0.2) is 0 Å². The van der Waals surface area contributed by atoms with Crippen molar-refractivity contribution < 1.29 is 19.8 Å². The van der Waals surface area contributed by atoms with E-state index in [4.69, 9.17) is 9.94 Å². The van der Waals surface area contributed by atoms with Crippen molar-refractivity contribution in [1.29, 1.82) is 0 Å². The number of ether oxygens (including phenoxy) is 1. The summed E-state index contributed by atoms with van der Waals surface area (Å²) in [5, 5.41) is 21.8. The third kappa shape index (κ3) is 9.86. The van der Waals surface area contributed by atoms with Crippen LogP contribution < -0.4 is 15.5 Å². The maximum absolute atomic E-state index is 10.9. The normalized spacial score (nSPS) is 11.7. The highest BCUT2D eigenvalue weighted by molar-refractivity contribution is 5.74. The Morgan fingerprint density at radius 3 is 2.31 bits per heavy atom. The van der Waals surface area contributed by atoms with Gasteiger partial charge in [-0.2, -0.15) is 0 Å². The molecule has 0 aliphatic rings. The van der Waals surface area contributed by atoms with Crippen molar-refractivity contribution in [3.8, 4) is 16.9 Å². The van der Waals surface area contributed by atoms with Crippen LogP contribution in [0.15, 0.2) is 72.9 Å². The zero-order valence-electron chi connectivity index (χ0n) is 20.0. The SMILES string of the molecule is O=C(CCCCCCCOc1ccc(-c2ccc(CC(O)NCc3ccccc3)nc2)cc1)NO. The Morgan fingerprint density at radius 1 is 0.886 bits per heavy atom. The number of hydrogen-bond donors (Lipinski definition) is 4. The Kier molecular flexibility index (Phi) is 11.2. The number of hydrogen-bond acceptors (Lipinski definition) is 6. The molecule has 35 heavy (non-hydrogen) atoms. The number of aliphatic hydroxyl groups excluding tert-OH is 1. The average molecular weight is 478 g/mol. The standard InChI is InChI=1S/C28H35N3O4/c32-27(31-34)11-7-2-1-3-8-18-35-26-16-13-23(14-17-26)24-12-15-25(29-21-24)19-28(33)30-20-22-9-5-4-6-10-22/h4-6,9-10,12-17,21,28,30,33-34H,1-3,7-8,11,18-20H2,(H,31,32). The number of aliphatic hydroxyl groups is 1. The molecule has 0 aliphatic heterocycles. The van der Waals surface area contributed by atoms with Crippen LogP contribution in [0.3, 0.4) is 0 Å². The van der Waals surface area contributed by atoms with Gasteiger partial charge in [0.1, 0.15) is 12.0 Å². The third-order valence-electron chi connectivity index (χ3n) is 5.74. The summed E-state index contributed by atoms with van der Waals surface area (Å²) in [6, 6.07) is 21.9. The molecule has 186 valence electrons. The van der Waals surface area contributed by atoms with Gasteiger partial charge in [0, 0.05) is 36.8 Å². The predicted octanol–water partition coefficient (Wildman–Crippen LogP) is 4.62. The quantitative estimate of drug-likeness (QED) is 0.110. The molecule has 2 aromatic carbocycles. The summed E-state index contributed by atoms with van der Waals surface area (Å²) < 4.78 is 5.83. The molecule has 4 N–H and O–H groups in total. The van der Waals surface area contributed by atoms with Gasteiger partial charge in [-0.25, -0.2) is 5.48 Å². The van der Waals surface area contributed by atoms with E-state index in [1.54, 1.807) is 5.48 Å². The molecule has 3 aromatic rings. The Balaban J connectivity index is 1.34. The van der Waals surface area contributed by atoms with Gasteiger partial charge in [-0.1, -0.05) is 67.8 Å². The number of benzene rings is 2. The van der Waals surface area contributed by atoms with Crippen LogP contribution in [0.4, 0.5) is 0 Å². The van der Waals surface area contributed by atoms with Crippen molar-refractivity contribution in [3.05, 3.63) is 84.2 Å². The number of hydroxylamine groups is 1. The Morgan fingerprint density at radius 2 is 1.60 bits per heavy atom. The molecule has 0 spiro atoms. The highest BCUT2D eigenvalue weighted by Crippen LogP contribution is 2.22. The minimum atomic E-state index is -0.655. The molecule has 0 fully saturated rings. The number of nitrogens with zero attached hydrogens (tertiary/aromatic N) is 1. The number of unbranched alkanes of at least 4 members (excludes halogenated alkanes) is 4. The summed E-state index contributed by atoms with van der Waals surface area (Å²) in [7, 11) is 0. The van der Waals surface area contributed by atoms with E-state index >= 15 is 0 Å². The van der Waals surface area contributed by atoms with E-state index in [1.165, 1.54) is 0 Å². The van der Waals surface area contributed by atoms with Crippen LogP contribution in [0.5, 0.6) is 5.75 Å². The Bertz CT molecular complexity index is 995. The molecule has 1 amide bonds. The van der Waals surface area contributed by atoms with E-state index in [9.17, 15) is 9.90 Å². The fourth-order valence-electron chi connectivity index (χ4n) is 3.73. The lowest BCUT2D eigenvalue weighted by Gasteiger charge is -2.13. The molecule has 3 rings (SSSR count). The second-order valence-corrected chi connectivity index (χ2v) is 8.55. The summed E-state index contributed by atoms with van der Waals surface area (Å²) in [5.41, 5.74) is 5.69. The number of nitrogens with one attached hydrogen (secondary N) is 2. The molecular formula is C28H35N3O4. The average Bonchev–Trinajstić information content (AvgIpc) is 2.90. The maximum Gasteiger partial charge on any atom is 0.243 e. The van der Waals surface area contributed by atoms with Crippen molar-refractivity contribution in [2.24, 2.45) is 0 Å². The summed E-state index contributed by atoms with van der Waals surface area (Å²) >= 11 is 0. The summed E-state index contributed by atoms with van der Waals surface area (Å²) in [6.07, 6.45) is 6.80.